The highest BCUT2D eigenvalue weighted by atomic mass is 16.3. The van der Waals surface area contributed by atoms with Crippen LogP contribution in [0.2, 0.25) is 0 Å². The summed E-state index contributed by atoms with van der Waals surface area (Å²) in [6.07, 6.45) is 1.60. The van der Waals surface area contributed by atoms with E-state index < -0.39 is 0 Å². The number of H-pyrrole nitrogens is 1. The second-order valence-corrected chi connectivity index (χ2v) is 5.48. The van der Waals surface area contributed by atoms with E-state index in [-0.39, 0.29) is 5.56 Å². The molecule has 23 heavy (non-hydrogen) atoms. The molecule has 1 N–H and O–H groups in total. The molecule has 114 valence electrons. The topological polar surface area (TPSA) is 63.8 Å². The molecule has 0 atom stereocenters. The minimum Gasteiger partial charge on any atom is -0.464 e. The van der Waals surface area contributed by atoms with Gasteiger partial charge in [-0.2, -0.15) is 5.10 Å². The highest BCUT2D eigenvalue weighted by Gasteiger charge is 2.16. The third-order valence-corrected chi connectivity index (χ3v) is 3.88. The van der Waals surface area contributed by atoms with Crippen LogP contribution in [0.4, 0.5) is 0 Å². The predicted molar refractivity (Wildman–Crippen MR) is 88.3 cm³/mol. The largest absolute Gasteiger partial charge is 0.464 e. The van der Waals surface area contributed by atoms with Crippen LogP contribution in [-0.4, -0.2) is 14.8 Å². The van der Waals surface area contributed by atoms with Crippen LogP contribution in [-0.2, 0) is 6.54 Å². The third kappa shape index (κ3) is 2.36. The summed E-state index contributed by atoms with van der Waals surface area (Å²) in [4.78, 5) is 15.0. The number of nitrogens with one attached hydrogen (secondary N) is 1. The lowest BCUT2D eigenvalue weighted by Gasteiger charge is -2.04. The Balaban J connectivity index is 1.93. The molecule has 0 saturated heterocycles. The zero-order valence-electron chi connectivity index (χ0n) is 12.6. The zero-order valence-corrected chi connectivity index (χ0v) is 12.6. The summed E-state index contributed by atoms with van der Waals surface area (Å²) in [5.74, 6) is 0.670. The number of aromatic amines is 1. The van der Waals surface area contributed by atoms with Crippen molar-refractivity contribution in [3.8, 4) is 11.3 Å². The number of pyridine rings is 1. The van der Waals surface area contributed by atoms with Gasteiger partial charge in [-0.3, -0.25) is 4.79 Å². The van der Waals surface area contributed by atoms with E-state index in [1.54, 1.807) is 12.3 Å². The van der Waals surface area contributed by atoms with E-state index in [4.69, 9.17) is 4.42 Å². The number of fused-ring (bicyclic) bond motifs is 1. The molecule has 3 heterocycles. The van der Waals surface area contributed by atoms with Crippen LogP contribution in [0.15, 0.2) is 64.0 Å². The summed E-state index contributed by atoms with van der Waals surface area (Å²) < 4.78 is 7.30. The van der Waals surface area contributed by atoms with Crippen LogP contribution in [0.25, 0.3) is 22.4 Å². The Morgan fingerprint density at radius 1 is 1.17 bits per heavy atom. The van der Waals surface area contributed by atoms with Gasteiger partial charge in [0.05, 0.1) is 23.9 Å². The fourth-order valence-corrected chi connectivity index (χ4v) is 2.88. The third-order valence-electron chi connectivity index (χ3n) is 3.88. The Morgan fingerprint density at radius 2 is 2.00 bits per heavy atom. The molecule has 0 unspecified atom stereocenters. The van der Waals surface area contributed by atoms with Crippen LogP contribution >= 0.6 is 0 Å². The molecule has 4 aromatic rings. The number of benzene rings is 1. The summed E-state index contributed by atoms with van der Waals surface area (Å²) in [7, 11) is 0. The van der Waals surface area contributed by atoms with Gasteiger partial charge in [-0.1, -0.05) is 30.3 Å². The fourth-order valence-electron chi connectivity index (χ4n) is 2.88. The van der Waals surface area contributed by atoms with Crippen molar-refractivity contribution in [3.05, 3.63) is 76.4 Å². The minimum absolute atomic E-state index is 0.168. The number of nitrogens with zero attached hydrogens (tertiary/aromatic N) is 2. The van der Waals surface area contributed by atoms with E-state index in [1.807, 2.05) is 54.1 Å². The Hall–Kier alpha value is -3.08. The normalized spacial score (nSPS) is 11.2. The van der Waals surface area contributed by atoms with Gasteiger partial charge in [-0.25, -0.2) is 4.68 Å². The monoisotopic (exact) mass is 305 g/mol. The molecule has 4 rings (SSSR count). The van der Waals surface area contributed by atoms with E-state index in [9.17, 15) is 4.79 Å². The molecule has 0 aliphatic rings. The number of aromatic nitrogens is 3. The lowest BCUT2D eigenvalue weighted by atomic mass is 10.1. The van der Waals surface area contributed by atoms with Crippen LogP contribution in [0.1, 0.15) is 11.3 Å². The Bertz CT molecular complexity index is 1010. The standard InChI is InChI=1S/C18H15N3O2/c1-12-17-14(15-8-5-9-23-15)10-16(22)19-18(17)21(20-12)11-13-6-3-2-4-7-13/h2-10H,11H2,1H3,(H,19,22). The first-order valence-corrected chi connectivity index (χ1v) is 7.40. The molecule has 0 spiro atoms. The predicted octanol–water partition coefficient (Wildman–Crippen LogP) is 3.34. The van der Waals surface area contributed by atoms with Gasteiger partial charge < -0.3 is 9.40 Å². The van der Waals surface area contributed by atoms with Crippen LogP contribution in [0, 0.1) is 6.92 Å². The molecule has 0 aliphatic carbocycles. The summed E-state index contributed by atoms with van der Waals surface area (Å²) in [5.41, 5.74) is 3.30. The number of aryl methyl sites for hydroxylation is 1. The van der Waals surface area contributed by atoms with Gasteiger partial charge in [0.2, 0.25) is 5.56 Å². The van der Waals surface area contributed by atoms with Crippen molar-refractivity contribution in [1.82, 2.24) is 14.8 Å². The average Bonchev–Trinajstić information content (AvgIpc) is 3.17. The number of furan rings is 1. The first-order valence-electron chi connectivity index (χ1n) is 7.40. The van der Waals surface area contributed by atoms with Gasteiger partial charge in [-0.05, 0) is 24.6 Å². The van der Waals surface area contributed by atoms with E-state index in [0.29, 0.717) is 18.0 Å². The smallest absolute Gasteiger partial charge is 0.250 e. The summed E-state index contributed by atoms with van der Waals surface area (Å²) in [6.45, 7) is 2.54. The second-order valence-electron chi connectivity index (χ2n) is 5.48. The second kappa shape index (κ2) is 5.28. The average molecular weight is 305 g/mol. The van der Waals surface area contributed by atoms with E-state index >= 15 is 0 Å². The zero-order chi connectivity index (χ0) is 15.8. The van der Waals surface area contributed by atoms with Gasteiger partial charge in [0.1, 0.15) is 11.4 Å². The van der Waals surface area contributed by atoms with Gasteiger partial charge in [-0.15, -0.1) is 0 Å². The molecule has 0 bridgehead atoms. The molecule has 3 aromatic heterocycles. The summed E-state index contributed by atoms with van der Waals surface area (Å²) >= 11 is 0. The Morgan fingerprint density at radius 3 is 2.74 bits per heavy atom. The van der Waals surface area contributed by atoms with E-state index in [1.165, 1.54) is 0 Å². The van der Waals surface area contributed by atoms with Crippen LogP contribution < -0.4 is 5.56 Å². The summed E-state index contributed by atoms with van der Waals surface area (Å²) in [6, 6.07) is 15.3. The molecule has 5 heteroatoms. The van der Waals surface area contributed by atoms with Crippen molar-refractivity contribution in [2.24, 2.45) is 0 Å². The van der Waals surface area contributed by atoms with Gasteiger partial charge >= 0.3 is 0 Å². The highest BCUT2D eigenvalue weighted by Crippen LogP contribution is 2.29. The van der Waals surface area contributed by atoms with Gasteiger partial charge in [0.25, 0.3) is 0 Å². The minimum atomic E-state index is -0.168. The van der Waals surface area contributed by atoms with E-state index in [0.717, 1.165) is 22.2 Å². The Kier molecular flexibility index (Phi) is 3.12. The molecule has 0 saturated carbocycles. The van der Waals surface area contributed by atoms with Crippen molar-refractivity contribution in [1.29, 1.82) is 0 Å². The molecule has 0 aliphatic heterocycles. The maximum atomic E-state index is 12.1. The molecule has 0 amide bonds. The van der Waals surface area contributed by atoms with Crippen molar-refractivity contribution in [2.45, 2.75) is 13.5 Å². The van der Waals surface area contributed by atoms with Gasteiger partial charge in [0, 0.05) is 11.6 Å². The van der Waals surface area contributed by atoms with Gasteiger partial charge in [0.15, 0.2) is 0 Å². The maximum Gasteiger partial charge on any atom is 0.250 e. The molecule has 0 radical (unpaired) electrons. The number of hydrogen-bond acceptors (Lipinski definition) is 3. The number of hydrogen-bond donors (Lipinski definition) is 1. The van der Waals surface area contributed by atoms with E-state index in [2.05, 4.69) is 10.1 Å². The molecular weight excluding hydrogens is 290 g/mol. The fraction of sp³-hybridized carbons (Fsp3) is 0.111. The van der Waals surface area contributed by atoms with Crippen molar-refractivity contribution in [2.75, 3.05) is 0 Å². The van der Waals surface area contributed by atoms with Crippen LogP contribution in [0.3, 0.4) is 0 Å². The first-order chi connectivity index (χ1) is 11.2. The quantitative estimate of drug-likeness (QED) is 0.631. The lowest BCUT2D eigenvalue weighted by Crippen LogP contribution is -2.09. The number of rotatable bonds is 3. The van der Waals surface area contributed by atoms with Crippen LogP contribution in [0.5, 0.6) is 0 Å². The van der Waals surface area contributed by atoms with Crippen molar-refractivity contribution in [3.63, 3.8) is 0 Å². The molecule has 5 nitrogen and oxygen atoms in total. The lowest BCUT2D eigenvalue weighted by molar-refractivity contribution is 0.583. The van der Waals surface area contributed by atoms with Crippen molar-refractivity contribution < 1.29 is 4.42 Å². The first kappa shape index (κ1) is 13.6. The maximum absolute atomic E-state index is 12.1. The molecular formula is C18H15N3O2. The van der Waals surface area contributed by atoms with Crippen molar-refractivity contribution >= 4 is 11.0 Å². The molecule has 1 aromatic carbocycles. The SMILES string of the molecule is Cc1nn(Cc2ccccc2)c2[nH]c(=O)cc(-c3ccco3)c12. The molecule has 0 fully saturated rings. The highest BCUT2D eigenvalue weighted by molar-refractivity contribution is 5.93. The summed E-state index contributed by atoms with van der Waals surface area (Å²) in [5, 5.41) is 5.51. The Labute approximate surface area is 132 Å².